The van der Waals surface area contributed by atoms with Crippen LogP contribution < -0.4 is 10.6 Å². The van der Waals surface area contributed by atoms with E-state index in [-0.39, 0.29) is 11.8 Å². The lowest BCUT2D eigenvalue weighted by Crippen LogP contribution is -2.51. The molecule has 0 aliphatic carbocycles. The fraction of sp³-hybridized carbons (Fsp3) is 0.429. The van der Waals surface area contributed by atoms with Gasteiger partial charge in [-0.3, -0.25) is 14.9 Å². The first-order valence-electron chi connectivity index (χ1n) is 6.25. The van der Waals surface area contributed by atoms with E-state index in [9.17, 15) is 9.59 Å². The van der Waals surface area contributed by atoms with Gasteiger partial charge in [0.15, 0.2) is 0 Å². The molecule has 2 N–H and O–H groups in total. The lowest BCUT2D eigenvalue weighted by Gasteiger charge is -2.35. The molecule has 0 saturated carbocycles. The van der Waals surface area contributed by atoms with Gasteiger partial charge in [-0.1, -0.05) is 19.1 Å². The molecule has 0 aromatic heterocycles. The Morgan fingerprint density at radius 1 is 1.28 bits per heavy atom. The third kappa shape index (κ3) is 1.98. The zero-order valence-electron chi connectivity index (χ0n) is 10.7. The Morgan fingerprint density at radius 2 is 1.94 bits per heavy atom. The average molecular weight is 246 g/mol. The van der Waals surface area contributed by atoms with E-state index in [2.05, 4.69) is 10.6 Å². The van der Waals surface area contributed by atoms with Gasteiger partial charge in [-0.2, -0.15) is 0 Å². The van der Waals surface area contributed by atoms with Crippen molar-refractivity contribution in [1.29, 1.82) is 0 Å². The number of hydrogen-bond donors (Lipinski definition) is 2. The molecule has 18 heavy (non-hydrogen) atoms. The Bertz CT molecular complexity index is 467. The van der Waals surface area contributed by atoms with Gasteiger partial charge in [-0.25, -0.2) is 0 Å². The SMILES string of the molecule is CCC1(c2ccc(NC)cc2)CCC(=O)NC1=O. The predicted octanol–water partition coefficient (Wildman–Crippen LogP) is 1.81. The van der Waals surface area contributed by atoms with Crippen LogP contribution in [0, 0.1) is 0 Å². The van der Waals surface area contributed by atoms with Crippen LogP contribution in [0.4, 0.5) is 5.69 Å². The summed E-state index contributed by atoms with van der Waals surface area (Å²) in [4.78, 5) is 23.4. The molecule has 1 aromatic carbocycles. The molecule has 4 heteroatoms. The van der Waals surface area contributed by atoms with Crippen LogP contribution in [0.5, 0.6) is 0 Å². The Morgan fingerprint density at radius 3 is 2.44 bits per heavy atom. The first-order chi connectivity index (χ1) is 8.62. The highest BCUT2D eigenvalue weighted by molar-refractivity contribution is 6.03. The van der Waals surface area contributed by atoms with Gasteiger partial charge < -0.3 is 5.32 Å². The zero-order chi connectivity index (χ0) is 13.2. The van der Waals surface area contributed by atoms with Crippen molar-refractivity contribution in [3.8, 4) is 0 Å². The lowest BCUT2D eigenvalue weighted by atomic mass is 9.72. The number of rotatable bonds is 3. The molecule has 1 heterocycles. The summed E-state index contributed by atoms with van der Waals surface area (Å²) in [5, 5.41) is 5.51. The molecular formula is C14H18N2O2. The number of benzene rings is 1. The monoisotopic (exact) mass is 246 g/mol. The van der Waals surface area contributed by atoms with Gasteiger partial charge in [0.1, 0.15) is 0 Å². The van der Waals surface area contributed by atoms with E-state index in [0.717, 1.165) is 11.3 Å². The number of anilines is 1. The minimum atomic E-state index is -0.555. The number of hydrogen-bond acceptors (Lipinski definition) is 3. The third-order valence-corrected chi connectivity index (χ3v) is 3.80. The molecule has 2 rings (SSSR count). The third-order valence-electron chi connectivity index (χ3n) is 3.80. The van der Waals surface area contributed by atoms with E-state index < -0.39 is 5.41 Å². The Hall–Kier alpha value is -1.84. The molecule has 96 valence electrons. The molecule has 1 atom stereocenters. The van der Waals surface area contributed by atoms with Gasteiger partial charge in [-0.05, 0) is 30.5 Å². The summed E-state index contributed by atoms with van der Waals surface area (Å²) in [5.41, 5.74) is 1.44. The van der Waals surface area contributed by atoms with E-state index >= 15 is 0 Å². The van der Waals surface area contributed by atoms with Gasteiger partial charge in [0, 0.05) is 19.2 Å². The Kier molecular flexibility index (Phi) is 3.36. The first-order valence-corrected chi connectivity index (χ1v) is 6.25. The van der Waals surface area contributed by atoms with Crippen molar-refractivity contribution in [3.05, 3.63) is 29.8 Å². The van der Waals surface area contributed by atoms with Crippen LogP contribution in [-0.2, 0) is 15.0 Å². The zero-order valence-corrected chi connectivity index (χ0v) is 10.7. The molecule has 1 aromatic rings. The summed E-state index contributed by atoms with van der Waals surface area (Å²) in [6.45, 7) is 1.99. The number of amides is 2. The van der Waals surface area contributed by atoms with E-state index in [1.165, 1.54) is 0 Å². The summed E-state index contributed by atoms with van der Waals surface area (Å²) in [5.74, 6) is -0.339. The highest BCUT2D eigenvalue weighted by atomic mass is 16.2. The summed E-state index contributed by atoms with van der Waals surface area (Å²) < 4.78 is 0. The van der Waals surface area contributed by atoms with Crippen LogP contribution in [-0.4, -0.2) is 18.9 Å². The van der Waals surface area contributed by atoms with Crippen LogP contribution in [0.2, 0.25) is 0 Å². The second-order valence-corrected chi connectivity index (χ2v) is 4.64. The minimum Gasteiger partial charge on any atom is -0.388 e. The molecule has 0 radical (unpaired) electrons. The largest absolute Gasteiger partial charge is 0.388 e. The number of nitrogens with one attached hydrogen (secondary N) is 2. The molecule has 1 fully saturated rings. The summed E-state index contributed by atoms with van der Waals surface area (Å²) >= 11 is 0. The van der Waals surface area contributed by atoms with Gasteiger partial charge in [0.2, 0.25) is 11.8 Å². The highest BCUT2D eigenvalue weighted by Crippen LogP contribution is 2.36. The van der Waals surface area contributed by atoms with Crippen LogP contribution in [0.25, 0.3) is 0 Å². The average Bonchev–Trinajstić information content (AvgIpc) is 2.40. The van der Waals surface area contributed by atoms with Crippen LogP contribution >= 0.6 is 0 Å². The smallest absolute Gasteiger partial charge is 0.237 e. The Labute approximate surface area is 107 Å². The highest BCUT2D eigenvalue weighted by Gasteiger charge is 2.42. The van der Waals surface area contributed by atoms with Crippen LogP contribution in [0.15, 0.2) is 24.3 Å². The summed E-state index contributed by atoms with van der Waals surface area (Å²) in [6, 6.07) is 7.84. The number of imide groups is 1. The molecule has 1 aliphatic heterocycles. The van der Waals surface area contributed by atoms with Crippen molar-refractivity contribution in [2.24, 2.45) is 0 Å². The number of carbonyl (C=O) groups is 2. The van der Waals surface area contributed by atoms with Gasteiger partial charge >= 0.3 is 0 Å². The maximum atomic E-state index is 12.2. The summed E-state index contributed by atoms with van der Waals surface area (Å²) in [6.07, 6.45) is 1.70. The van der Waals surface area contributed by atoms with Crippen molar-refractivity contribution in [3.63, 3.8) is 0 Å². The van der Waals surface area contributed by atoms with E-state index in [1.807, 2.05) is 38.2 Å². The molecule has 4 nitrogen and oxygen atoms in total. The predicted molar refractivity (Wildman–Crippen MR) is 70.3 cm³/mol. The topological polar surface area (TPSA) is 58.2 Å². The molecule has 1 saturated heterocycles. The number of carbonyl (C=O) groups excluding carboxylic acids is 2. The molecular weight excluding hydrogens is 228 g/mol. The van der Waals surface area contributed by atoms with E-state index in [4.69, 9.17) is 0 Å². The quantitative estimate of drug-likeness (QED) is 0.800. The first kappa shape index (κ1) is 12.6. The van der Waals surface area contributed by atoms with E-state index in [1.54, 1.807) is 0 Å². The normalized spacial score (nSPS) is 23.7. The van der Waals surface area contributed by atoms with Gasteiger partial charge in [0.25, 0.3) is 0 Å². The number of piperidine rings is 1. The fourth-order valence-corrected chi connectivity index (χ4v) is 2.52. The standard InChI is InChI=1S/C14H18N2O2/c1-3-14(9-8-12(17)16-13(14)18)10-4-6-11(15-2)7-5-10/h4-7,15H,3,8-9H2,1-2H3,(H,16,17,18). The molecule has 0 spiro atoms. The van der Waals surface area contributed by atoms with Crippen molar-refractivity contribution in [2.75, 3.05) is 12.4 Å². The van der Waals surface area contributed by atoms with Crippen molar-refractivity contribution < 1.29 is 9.59 Å². The maximum absolute atomic E-state index is 12.2. The fourth-order valence-electron chi connectivity index (χ4n) is 2.52. The van der Waals surface area contributed by atoms with Crippen LogP contribution in [0.3, 0.4) is 0 Å². The molecule has 1 aliphatic rings. The van der Waals surface area contributed by atoms with Crippen molar-refractivity contribution >= 4 is 17.5 Å². The minimum absolute atomic E-state index is 0.168. The molecule has 2 amide bonds. The summed E-state index contributed by atoms with van der Waals surface area (Å²) in [7, 11) is 1.86. The van der Waals surface area contributed by atoms with Gasteiger partial charge in [0.05, 0.1) is 5.41 Å². The van der Waals surface area contributed by atoms with Gasteiger partial charge in [-0.15, -0.1) is 0 Å². The lowest BCUT2D eigenvalue weighted by molar-refractivity contribution is -0.138. The van der Waals surface area contributed by atoms with Crippen molar-refractivity contribution in [1.82, 2.24) is 5.32 Å². The van der Waals surface area contributed by atoms with E-state index in [0.29, 0.717) is 19.3 Å². The molecule has 1 unspecified atom stereocenters. The second kappa shape index (κ2) is 4.80. The molecule has 0 bridgehead atoms. The second-order valence-electron chi connectivity index (χ2n) is 4.64. The maximum Gasteiger partial charge on any atom is 0.237 e. The van der Waals surface area contributed by atoms with Crippen LogP contribution in [0.1, 0.15) is 31.7 Å². The van der Waals surface area contributed by atoms with Crippen molar-refractivity contribution in [2.45, 2.75) is 31.6 Å². The Balaban J connectivity index is 2.36.